The molecule has 1 unspecified atom stereocenters. The summed E-state index contributed by atoms with van der Waals surface area (Å²) in [6.45, 7) is 6.76. The summed E-state index contributed by atoms with van der Waals surface area (Å²) in [4.78, 5) is 0. The fourth-order valence-corrected chi connectivity index (χ4v) is 2.38. The van der Waals surface area contributed by atoms with Crippen LogP contribution in [0.2, 0.25) is 0 Å². The monoisotopic (exact) mass is 222 g/mol. The molecule has 0 amide bonds. The molecule has 0 radical (unpaired) electrons. The van der Waals surface area contributed by atoms with Gasteiger partial charge in [-0.2, -0.15) is 12.6 Å². The summed E-state index contributed by atoms with van der Waals surface area (Å²) < 4.78 is 0. The van der Waals surface area contributed by atoms with Crippen molar-refractivity contribution in [2.45, 2.75) is 46.0 Å². The lowest BCUT2D eigenvalue weighted by atomic mass is 9.90. The first kappa shape index (κ1) is 12.6. The highest BCUT2D eigenvalue weighted by atomic mass is 32.1. The van der Waals surface area contributed by atoms with Gasteiger partial charge in [-0.1, -0.05) is 39.0 Å². The van der Waals surface area contributed by atoms with Crippen LogP contribution in [0.4, 0.5) is 0 Å². The molecular weight excluding hydrogens is 200 g/mol. The predicted octanol–water partition coefficient (Wildman–Crippen LogP) is 4.23. The van der Waals surface area contributed by atoms with E-state index < -0.39 is 0 Å². The van der Waals surface area contributed by atoms with E-state index in [0.717, 1.165) is 18.6 Å². The lowest BCUT2D eigenvalue weighted by Crippen LogP contribution is -2.01. The number of hydrogen-bond donors (Lipinski definition) is 1. The third-order valence-corrected chi connectivity index (χ3v) is 3.35. The smallest absolute Gasteiger partial charge is 0.00922 e. The van der Waals surface area contributed by atoms with E-state index in [1.165, 1.54) is 23.1 Å². The molecule has 0 saturated carbocycles. The number of thiol groups is 1. The molecule has 0 fully saturated rings. The summed E-state index contributed by atoms with van der Waals surface area (Å²) in [6.07, 6.45) is 3.43. The van der Waals surface area contributed by atoms with E-state index in [-0.39, 0.29) is 0 Å². The quantitative estimate of drug-likeness (QED) is 0.708. The van der Waals surface area contributed by atoms with Crippen molar-refractivity contribution >= 4 is 12.6 Å². The fourth-order valence-electron chi connectivity index (χ4n) is 1.99. The Kier molecular flexibility index (Phi) is 5.24. The van der Waals surface area contributed by atoms with Crippen molar-refractivity contribution in [3.8, 4) is 0 Å². The zero-order valence-corrected chi connectivity index (χ0v) is 11.0. The highest BCUT2D eigenvalue weighted by molar-refractivity contribution is 7.80. The lowest BCUT2D eigenvalue weighted by molar-refractivity contribution is 0.730. The molecule has 1 heteroatoms. The molecule has 0 N–H and O–H groups in total. The predicted molar refractivity (Wildman–Crippen MR) is 72.1 cm³/mol. The Bertz CT molecular complexity index is 304. The Hall–Kier alpha value is -0.430. The van der Waals surface area contributed by atoms with Crippen LogP contribution in [0.1, 0.15) is 49.8 Å². The van der Waals surface area contributed by atoms with E-state index >= 15 is 0 Å². The molecule has 0 saturated heterocycles. The van der Waals surface area contributed by atoms with Crippen LogP contribution in [-0.4, -0.2) is 5.75 Å². The molecule has 0 aromatic heterocycles. The van der Waals surface area contributed by atoms with Gasteiger partial charge >= 0.3 is 0 Å². The number of aryl methyl sites for hydroxylation is 2. The molecule has 0 bridgehead atoms. The Morgan fingerprint density at radius 3 is 2.47 bits per heavy atom. The van der Waals surface area contributed by atoms with Crippen LogP contribution in [0.15, 0.2) is 18.2 Å². The molecular formula is C14H22S. The molecule has 0 aliphatic heterocycles. The van der Waals surface area contributed by atoms with Crippen molar-refractivity contribution in [1.29, 1.82) is 0 Å². The van der Waals surface area contributed by atoms with Gasteiger partial charge < -0.3 is 0 Å². The van der Waals surface area contributed by atoms with Crippen LogP contribution < -0.4 is 0 Å². The largest absolute Gasteiger partial charge is 0.179 e. The van der Waals surface area contributed by atoms with Gasteiger partial charge in [0.2, 0.25) is 0 Å². The lowest BCUT2D eigenvalue weighted by Gasteiger charge is -2.16. The third-order valence-electron chi connectivity index (χ3n) is 3.09. The van der Waals surface area contributed by atoms with Gasteiger partial charge in [0, 0.05) is 0 Å². The molecule has 1 aromatic carbocycles. The van der Waals surface area contributed by atoms with Crippen molar-refractivity contribution < 1.29 is 0 Å². The second-order valence-corrected chi connectivity index (χ2v) is 4.60. The summed E-state index contributed by atoms with van der Waals surface area (Å²) in [5.41, 5.74) is 4.49. The molecule has 0 aliphatic carbocycles. The maximum absolute atomic E-state index is 4.32. The Labute approximate surface area is 99.5 Å². The maximum Gasteiger partial charge on any atom is -0.00922 e. The van der Waals surface area contributed by atoms with Crippen LogP contribution >= 0.6 is 12.6 Å². The van der Waals surface area contributed by atoms with Crippen molar-refractivity contribution in [3.05, 3.63) is 34.9 Å². The van der Waals surface area contributed by atoms with E-state index in [1.54, 1.807) is 0 Å². The van der Waals surface area contributed by atoms with Crippen LogP contribution in [0.25, 0.3) is 0 Å². The van der Waals surface area contributed by atoms with E-state index in [2.05, 4.69) is 51.6 Å². The average Bonchev–Trinajstić information content (AvgIpc) is 2.28. The first-order chi connectivity index (χ1) is 7.22. The van der Waals surface area contributed by atoms with Gasteiger partial charge in [-0.25, -0.2) is 0 Å². The zero-order valence-electron chi connectivity index (χ0n) is 10.1. The van der Waals surface area contributed by atoms with Crippen molar-refractivity contribution in [1.82, 2.24) is 0 Å². The number of hydrogen-bond acceptors (Lipinski definition) is 1. The minimum Gasteiger partial charge on any atom is -0.179 e. The van der Waals surface area contributed by atoms with Gasteiger partial charge in [-0.05, 0) is 47.6 Å². The van der Waals surface area contributed by atoms with E-state index in [4.69, 9.17) is 0 Å². The summed E-state index contributed by atoms with van der Waals surface area (Å²) in [7, 11) is 0. The molecule has 1 aromatic rings. The molecule has 0 nitrogen and oxygen atoms in total. The Balaban J connectivity index is 3.00. The normalized spacial score (nSPS) is 12.8. The number of benzene rings is 1. The first-order valence-electron chi connectivity index (χ1n) is 5.95. The summed E-state index contributed by atoms with van der Waals surface area (Å²) in [5.74, 6) is 1.62. The maximum atomic E-state index is 4.32. The molecule has 0 heterocycles. The van der Waals surface area contributed by atoms with Crippen LogP contribution in [0.5, 0.6) is 0 Å². The van der Waals surface area contributed by atoms with E-state index in [0.29, 0.717) is 5.92 Å². The zero-order chi connectivity index (χ0) is 11.3. The molecule has 1 atom stereocenters. The first-order valence-corrected chi connectivity index (χ1v) is 6.58. The second-order valence-electron chi connectivity index (χ2n) is 4.15. The van der Waals surface area contributed by atoms with Crippen LogP contribution in [0.3, 0.4) is 0 Å². The molecule has 15 heavy (non-hydrogen) atoms. The topological polar surface area (TPSA) is 0 Å². The molecule has 0 spiro atoms. The average molecular weight is 222 g/mol. The number of rotatable bonds is 5. The van der Waals surface area contributed by atoms with Gasteiger partial charge in [-0.15, -0.1) is 0 Å². The molecule has 0 aliphatic rings. The van der Waals surface area contributed by atoms with Crippen molar-refractivity contribution in [2.75, 3.05) is 5.75 Å². The van der Waals surface area contributed by atoms with Crippen molar-refractivity contribution in [2.24, 2.45) is 0 Å². The van der Waals surface area contributed by atoms with Gasteiger partial charge in [0.15, 0.2) is 0 Å². The third kappa shape index (κ3) is 3.27. The molecule has 1 rings (SSSR count). The van der Waals surface area contributed by atoms with Gasteiger partial charge in [0.25, 0.3) is 0 Å². The minimum absolute atomic E-state index is 0.643. The summed E-state index contributed by atoms with van der Waals surface area (Å²) in [6, 6.07) is 6.94. The van der Waals surface area contributed by atoms with Crippen LogP contribution in [-0.2, 0) is 12.8 Å². The van der Waals surface area contributed by atoms with Gasteiger partial charge in [0.05, 0.1) is 0 Å². The summed E-state index contributed by atoms with van der Waals surface area (Å²) in [5, 5.41) is 0. The highest BCUT2D eigenvalue weighted by Gasteiger charge is 2.09. The highest BCUT2D eigenvalue weighted by Crippen LogP contribution is 2.25. The van der Waals surface area contributed by atoms with E-state index in [9.17, 15) is 0 Å². The minimum atomic E-state index is 0.643. The summed E-state index contributed by atoms with van der Waals surface area (Å²) >= 11 is 4.32. The van der Waals surface area contributed by atoms with Gasteiger partial charge in [0.1, 0.15) is 0 Å². The van der Waals surface area contributed by atoms with E-state index in [1.807, 2.05) is 0 Å². The standard InChI is InChI=1S/C14H22S/c1-4-12-6-7-13(5-2)14(10-12)11(3)8-9-15/h6-7,10-11,15H,4-5,8-9H2,1-3H3. The Morgan fingerprint density at radius 2 is 1.93 bits per heavy atom. The Morgan fingerprint density at radius 1 is 1.20 bits per heavy atom. The van der Waals surface area contributed by atoms with Crippen molar-refractivity contribution in [3.63, 3.8) is 0 Å². The molecule has 84 valence electrons. The SMILES string of the molecule is CCc1ccc(CC)c(C(C)CCS)c1. The second kappa shape index (κ2) is 6.22. The van der Waals surface area contributed by atoms with Gasteiger partial charge in [-0.3, -0.25) is 0 Å². The van der Waals surface area contributed by atoms with Crippen LogP contribution in [0, 0.1) is 0 Å². The fraction of sp³-hybridized carbons (Fsp3) is 0.571.